The van der Waals surface area contributed by atoms with Gasteiger partial charge in [-0.25, -0.2) is 0 Å². The van der Waals surface area contributed by atoms with Gasteiger partial charge in [-0.2, -0.15) is 0 Å². The molecule has 0 radical (unpaired) electrons. The van der Waals surface area contributed by atoms with Crippen molar-refractivity contribution in [2.24, 2.45) is 0 Å². The maximum atomic E-state index is 3.66. The molecule has 1 atom stereocenters. The van der Waals surface area contributed by atoms with E-state index in [9.17, 15) is 0 Å². The van der Waals surface area contributed by atoms with E-state index < -0.39 is 0 Å². The van der Waals surface area contributed by atoms with Gasteiger partial charge in [0.2, 0.25) is 0 Å². The molecule has 2 heteroatoms. The molecular weight excluding hydrogens is 310 g/mol. The molecule has 0 heterocycles. The number of halogens is 1. The van der Waals surface area contributed by atoms with Gasteiger partial charge in [-0.1, -0.05) is 74.0 Å². The van der Waals surface area contributed by atoms with Gasteiger partial charge in [-0.05, 0) is 43.5 Å². The zero-order valence-corrected chi connectivity index (χ0v) is 15.1. The molecule has 1 aromatic rings. The molecule has 0 bridgehead atoms. The van der Waals surface area contributed by atoms with Crippen molar-refractivity contribution in [1.82, 2.24) is 5.32 Å². The van der Waals surface area contributed by atoms with Gasteiger partial charge in [0.25, 0.3) is 0 Å². The number of unbranched alkanes of at least 4 members (excludes halogenated alkanes) is 4. The van der Waals surface area contributed by atoms with Gasteiger partial charge >= 0.3 is 0 Å². The summed E-state index contributed by atoms with van der Waals surface area (Å²) in [6.45, 7) is 9.88. The first kappa shape index (κ1) is 17.7. The lowest BCUT2D eigenvalue weighted by Gasteiger charge is -2.20. The predicted molar refractivity (Wildman–Crippen MR) is 93.4 cm³/mol. The second kappa shape index (κ2) is 9.57. The highest BCUT2D eigenvalue weighted by molar-refractivity contribution is 9.10. The van der Waals surface area contributed by atoms with E-state index in [0.29, 0.717) is 6.04 Å². The minimum Gasteiger partial charge on any atom is -0.310 e. The molecular formula is C18H30BrN. The third kappa shape index (κ3) is 5.57. The van der Waals surface area contributed by atoms with Crippen molar-refractivity contribution in [2.75, 3.05) is 6.54 Å². The van der Waals surface area contributed by atoms with Crippen molar-refractivity contribution in [3.8, 4) is 0 Å². The molecule has 0 saturated carbocycles. The van der Waals surface area contributed by atoms with E-state index >= 15 is 0 Å². The summed E-state index contributed by atoms with van der Waals surface area (Å²) in [6, 6.07) is 5.17. The summed E-state index contributed by atoms with van der Waals surface area (Å²) in [5.41, 5.74) is 4.13. The largest absolute Gasteiger partial charge is 0.310 e. The summed E-state index contributed by atoms with van der Waals surface area (Å²) in [4.78, 5) is 0. The molecule has 1 nitrogen and oxygen atoms in total. The maximum absolute atomic E-state index is 3.66. The van der Waals surface area contributed by atoms with E-state index in [1.165, 1.54) is 59.7 Å². The second-order valence-corrected chi connectivity index (χ2v) is 6.57. The fourth-order valence-corrected chi connectivity index (χ4v) is 2.99. The van der Waals surface area contributed by atoms with Crippen molar-refractivity contribution in [2.45, 2.75) is 72.3 Å². The topological polar surface area (TPSA) is 12.0 Å². The van der Waals surface area contributed by atoms with E-state index in [0.717, 1.165) is 6.54 Å². The van der Waals surface area contributed by atoms with Gasteiger partial charge in [0.05, 0.1) is 0 Å². The molecule has 1 unspecified atom stereocenters. The molecule has 0 aromatic heterocycles. The Hall–Kier alpha value is -0.340. The number of nitrogens with one attached hydrogen (secondary N) is 1. The summed E-state index contributed by atoms with van der Waals surface area (Å²) in [7, 11) is 0. The zero-order chi connectivity index (χ0) is 15.0. The van der Waals surface area contributed by atoms with E-state index in [-0.39, 0.29) is 0 Å². The van der Waals surface area contributed by atoms with Crippen LogP contribution in [-0.4, -0.2) is 6.54 Å². The van der Waals surface area contributed by atoms with Crippen LogP contribution in [0.15, 0.2) is 16.6 Å². The lowest BCUT2D eigenvalue weighted by molar-refractivity contribution is 0.478. The fraction of sp³-hybridized carbons (Fsp3) is 0.667. The normalized spacial score (nSPS) is 12.7. The van der Waals surface area contributed by atoms with Crippen LogP contribution >= 0.6 is 15.9 Å². The van der Waals surface area contributed by atoms with Crippen LogP contribution < -0.4 is 5.32 Å². The van der Waals surface area contributed by atoms with E-state index in [1.54, 1.807) is 0 Å². The van der Waals surface area contributed by atoms with Crippen molar-refractivity contribution < 1.29 is 0 Å². The molecule has 114 valence electrons. The molecule has 0 fully saturated rings. The molecule has 20 heavy (non-hydrogen) atoms. The Kier molecular flexibility index (Phi) is 8.47. The summed E-state index contributed by atoms with van der Waals surface area (Å²) in [5, 5.41) is 3.65. The van der Waals surface area contributed by atoms with Crippen LogP contribution in [0.25, 0.3) is 0 Å². The Labute approximate surface area is 133 Å². The van der Waals surface area contributed by atoms with Crippen LogP contribution in [0.4, 0.5) is 0 Å². The highest BCUT2D eigenvalue weighted by Gasteiger charge is 2.12. The van der Waals surface area contributed by atoms with Gasteiger partial charge in [-0.3, -0.25) is 0 Å². The van der Waals surface area contributed by atoms with Gasteiger partial charge in [-0.15, -0.1) is 0 Å². The molecule has 0 saturated heterocycles. The summed E-state index contributed by atoms with van der Waals surface area (Å²) in [6.07, 6.45) is 8.02. The SMILES string of the molecule is CCCCCCCC(NCC)c1cc(C)c(Br)c(C)c1. The Morgan fingerprint density at radius 1 is 1.00 bits per heavy atom. The molecule has 1 rings (SSSR count). The standard InChI is InChI=1S/C18H30BrN/c1-5-7-8-9-10-11-17(20-6-2)16-12-14(3)18(19)15(4)13-16/h12-13,17,20H,5-11H2,1-4H3. The fourth-order valence-electron chi connectivity index (χ4n) is 2.77. The third-order valence-electron chi connectivity index (χ3n) is 3.91. The van der Waals surface area contributed by atoms with Crippen LogP contribution in [0.5, 0.6) is 0 Å². The average Bonchev–Trinajstić information content (AvgIpc) is 2.43. The Morgan fingerprint density at radius 2 is 1.60 bits per heavy atom. The number of hydrogen-bond acceptors (Lipinski definition) is 1. The molecule has 1 aromatic carbocycles. The molecule has 1 N–H and O–H groups in total. The van der Waals surface area contributed by atoms with E-state index in [1.807, 2.05) is 0 Å². The number of aryl methyl sites for hydroxylation is 2. The van der Waals surface area contributed by atoms with Crippen LogP contribution in [0.2, 0.25) is 0 Å². The minimum atomic E-state index is 0.507. The first-order valence-corrected chi connectivity index (χ1v) is 8.89. The quantitative estimate of drug-likeness (QED) is 0.537. The molecule has 0 spiro atoms. The van der Waals surface area contributed by atoms with Gasteiger partial charge in [0, 0.05) is 10.5 Å². The Morgan fingerprint density at radius 3 is 2.15 bits per heavy atom. The monoisotopic (exact) mass is 339 g/mol. The first-order valence-electron chi connectivity index (χ1n) is 8.10. The predicted octanol–water partition coefficient (Wildman–Crippen LogP) is 6.08. The maximum Gasteiger partial charge on any atom is 0.0320 e. The van der Waals surface area contributed by atoms with Crippen molar-refractivity contribution in [3.63, 3.8) is 0 Å². The zero-order valence-electron chi connectivity index (χ0n) is 13.6. The van der Waals surface area contributed by atoms with Gasteiger partial charge in [0.1, 0.15) is 0 Å². The molecule has 0 aliphatic rings. The Balaban J connectivity index is 2.65. The van der Waals surface area contributed by atoms with E-state index in [4.69, 9.17) is 0 Å². The van der Waals surface area contributed by atoms with Crippen molar-refractivity contribution in [3.05, 3.63) is 33.3 Å². The molecule has 0 aliphatic heterocycles. The lowest BCUT2D eigenvalue weighted by Crippen LogP contribution is -2.21. The number of benzene rings is 1. The van der Waals surface area contributed by atoms with Crippen molar-refractivity contribution >= 4 is 15.9 Å². The number of hydrogen-bond donors (Lipinski definition) is 1. The smallest absolute Gasteiger partial charge is 0.0320 e. The highest BCUT2D eigenvalue weighted by atomic mass is 79.9. The molecule has 0 aliphatic carbocycles. The van der Waals surface area contributed by atoms with Crippen LogP contribution in [0.1, 0.15) is 75.1 Å². The van der Waals surface area contributed by atoms with Crippen molar-refractivity contribution in [1.29, 1.82) is 0 Å². The van der Waals surface area contributed by atoms with Gasteiger partial charge in [0.15, 0.2) is 0 Å². The molecule has 0 amide bonds. The third-order valence-corrected chi connectivity index (χ3v) is 5.16. The second-order valence-electron chi connectivity index (χ2n) is 5.78. The summed E-state index contributed by atoms with van der Waals surface area (Å²) >= 11 is 3.66. The van der Waals surface area contributed by atoms with Crippen LogP contribution in [0, 0.1) is 13.8 Å². The summed E-state index contributed by atoms with van der Waals surface area (Å²) < 4.78 is 1.25. The lowest BCUT2D eigenvalue weighted by atomic mass is 9.96. The number of rotatable bonds is 9. The van der Waals surface area contributed by atoms with Gasteiger partial charge < -0.3 is 5.32 Å². The average molecular weight is 340 g/mol. The highest BCUT2D eigenvalue weighted by Crippen LogP contribution is 2.28. The summed E-state index contributed by atoms with van der Waals surface area (Å²) in [5.74, 6) is 0. The first-order chi connectivity index (χ1) is 9.60. The minimum absolute atomic E-state index is 0.507. The van der Waals surface area contributed by atoms with E-state index in [2.05, 4.69) is 61.1 Å². The van der Waals surface area contributed by atoms with Crippen LogP contribution in [0.3, 0.4) is 0 Å². The Bertz CT molecular complexity index is 377. The van der Waals surface area contributed by atoms with Crippen LogP contribution in [-0.2, 0) is 0 Å².